The summed E-state index contributed by atoms with van der Waals surface area (Å²) in [5.41, 5.74) is 0. The van der Waals surface area contributed by atoms with Crippen LogP contribution in [0.5, 0.6) is 0 Å². The number of hydrogen-bond donors (Lipinski definition) is 0. The second-order valence-electron chi connectivity index (χ2n) is 4.63. The molecule has 0 unspecified atom stereocenters. The minimum Gasteiger partial charge on any atom is -0.295 e. The van der Waals surface area contributed by atoms with Crippen molar-refractivity contribution in [1.29, 1.82) is 0 Å². The third kappa shape index (κ3) is 1.16. The van der Waals surface area contributed by atoms with E-state index >= 15 is 0 Å². The number of carbonyl (C=O) groups is 1. The Bertz CT molecular complexity index is 611. The highest BCUT2D eigenvalue weighted by Crippen LogP contribution is 2.78. The number of allylic oxidation sites excluding steroid dienone is 4. The molecule has 0 aromatic rings. The molecule has 4 atom stereocenters. The van der Waals surface area contributed by atoms with Gasteiger partial charge in [-0.05, 0) is 0 Å². The van der Waals surface area contributed by atoms with Crippen molar-refractivity contribution in [1.82, 2.24) is 0 Å². The second kappa shape index (κ2) is 3.86. The average molecular weight is 422 g/mol. The number of rotatable bonds is 0. The summed E-state index contributed by atoms with van der Waals surface area (Å²) < 4.78 is 0. The Hall–Kier alpha value is 1.47. The van der Waals surface area contributed by atoms with Crippen LogP contribution in [0, 0.1) is 0 Å². The van der Waals surface area contributed by atoms with Gasteiger partial charge in [0.1, 0.15) is 9.75 Å². The molecule has 0 radical (unpaired) electrons. The molecule has 1 saturated carbocycles. The zero-order chi connectivity index (χ0) is 14.6. The van der Waals surface area contributed by atoms with Crippen molar-refractivity contribution in [2.24, 2.45) is 0 Å². The largest absolute Gasteiger partial charge is 0.295 e. The summed E-state index contributed by atoms with van der Waals surface area (Å²) in [4.78, 5) is 5.50. The van der Waals surface area contributed by atoms with Crippen LogP contribution in [0.15, 0.2) is 20.1 Å². The van der Waals surface area contributed by atoms with Crippen molar-refractivity contribution in [3.8, 4) is 0 Å². The van der Waals surface area contributed by atoms with E-state index in [1.165, 1.54) is 0 Å². The molecule has 0 amide bonds. The quantitative estimate of drug-likeness (QED) is 0.487. The fourth-order valence-corrected chi connectivity index (χ4v) is 6.97. The predicted octanol–water partition coefficient (Wildman–Crippen LogP) is 5.28. The van der Waals surface area contributed by atoms with Gasteiger partial charge >= 0.3 is 0 Å². The molecule has 0 aromatic heterocycles. The van der Waals surface area contributed by atoms with E-state index in [1.807, 2.05) is 0 Å². The molecule has 0 aromatic carbocycles. The van der Waals surface area contributed by atoms with Gasteiger partial charge in [0.25, 0.3) is 0 Å². The number of alkyl halides is 4. The van der Waals surface area contributed by atoms with Crippen LogP contribution in [0.1, 0.15) is 6.42 Å². The van der Waals surface area contributed by atoms with Crippen LogP contribution in [-0.2, 0) is 4.79 Å². The molecule has 1 nitrogen and oxygen atoms in total. The van der Waals surface area contributed by atoms with Crippen molar-refractivity contribution in [3.05, 3.63) is 20.1 Å². The van der Waals surface area contributed by atoms with Crippen LogP contribution in [0.3, 0.4) is 0 Å². The molecular formula is C10H2Cl8O. The first-order valence-corrected chi connectivity index (χ1v) is 7.95. The lowest BCUT2D eigenvalue weighted by molar-refractivity contribution is -0.119. The Morgan fingerprint density at radius 2 is 1.26 bits per heavy atom. The van der Waals surface area contributed by atoms with Gasteiger partial charge in [-0.3, -0.25) is 4.79 Å². The third-order valence-corrected chi connectivity index (χ3v) is 9.31. The lowest BCUT2D eigenvalue weighted by Gasteiger charge is -2.44. The predicted molar refractivity (Wildman–Crippen MR) is 81.4 cm³/mol. The molecule has 2 bridgehead atoms. The maximum Gasteiger partial charge on any atom is 0.189 e. The van der Waals surface area contributed by atoms with Crippen molar-refractivity contribution in [3.63, 3.8) is 0 Å². The topological polar surface area (TPSA) is 17.1 Å². The molecule has 0 aliphatic heterocycles. The lowest BCUT2D eigenvalue weighted by Crippen LogP contribution is -2.58. The summed E-state index contributed by atoms with van der Waals surface area (Å²) in [5.74, 6) is -0.675. The summed E-state index contributed by atoms with van der Waals surface area (Å²) in [6, 6.07) is 0. The third-order valence-electron chi connectivity index (χ3n) is 3.93. The SMILES string of the molecule is O=C1[C@@]2(Cl)C(Cl)=C(Cl)[C@@]1(Cl)[C@]1(Cl)C(Cl)=C(Cl)C[C@@]21Cl. The second-order valence-corrected chi connectivity index (χ2v) is 8.57. The molecule has 104 valence electrons. The first-order chi connectivity index (χ1) is 8.51. The Morgan fingerprint density at radius 3 is 1.79 bits per heavy atom. The first-order valence-electron chi connectivity index (χ1n) is 4.92. The van der Waals surface area contributed by atoms with E-state index in [4.69, 9.17) is 92.8 Å². The van der Waals surface area contributed by atoms with Crippen molar-refractivity contribution in [2.45, 2.75) is 25.9 Å². The highest BCUT2D eigenvalue weighted by molar-refractivity contribution is 6.71. The van der Waals surface area contributed by atoms with Crippen LogP contribution in [-0.4, -0.2) is 25.3 Å². The van der Waals surface area contributed by atoms with E-state index in [-0.39, 0.29) is 26.5 Å². The molecule has 3 aliphatic rings. The van der Waals surface area contributed by atoms with Crippen molar-refractivity contribution in [2.75, 3.05) is 0 Å². The van der Waals surface area contributed by atoms with Crippen molar-refractivity contribution >= 4 is 98.6 Å². The summed E-state index contributed by atoms with van der Waals surface area (Å²) in [5, 5.41) is -0.131. The number of carbonyl (C=O) groups excluding carboxylic acids is 1. The number of hydrogen-bond acceptors (Lipinski definition) is 1. The van der Waals surface area contributed by atoms with Crippen molar-refractivity contribution < 1.29 is 4.79 Å². The van der Waals surface area contributed by atoms with Gasteiger partial charge in [-0.15, -0.1) is 46.4 Å². The molecule has 3 rings (SSSR count). The van der Waals surface area contributed by atoms with E-state index in [9.17, 15) is 4.79 Å². The summed E-state index contributed by atoms with van der Waals surface area (Å²) >= 11 is 50.1. The lowest BCUT2D eigenvalue weighted by atomic mass is 9.82. The monoisotopic (exact) mass is 418 g/mol. The van der Waals surface area contributed by atoms with Crippen LogP contribution in [0.25, 0.3) is 0 Å². The molecule has 19 heavy (non-hydrogen) atoms. The maximum absolute atomic E-state index is 12.5. The van der Waals surface area contributed by atoms with Gasteiger partial charge in [-0.25, -0.2) is 0 Å². The standard InChI is InChI=1S/C10H2Cl8O/c11-2-1-7(15)8(16)4(13)5(14)9(17,6(8)19)10(7,18)3(2)12/h1H2/t7-,8+,9+,10+/m1/s1. The van der Waals surface area contributed by atoms with Gasteiger partial charge in [0, 0.05) is 11.5 Å². The van der Waals surface area contributed by atoms with E-state index in [0.29, 0.717) is 0 Å². The van der Waals surface area contributed by atoms with Crippen LogP contribution >= 0.6 is 92.8 Å². The summed E-state index contributed by atoms with van der Waals surface area (Å²) in [6.07, 6.45) is -0.0253. The minimum absolute atomic E-state index is 0.0253. The molecule has 0 N–H and O–H groups in total. The molecule has 9 heteroatoms. The van der Waals surface area contributed by atoms with Crippen LogP contribution in [0.2, 0.25) is 0 Å². The maximum atomic E-state index is 12.5. The molecule has 0 heterocycles. The molecular weight excluding hydrogens is 420 g/mol. The molecule has 1 fully saturated rings. The van der Waals surface area contributed by atoms with Gasteiger partial charge in [0.2, 0.25) is 0 Å². The van der Waals surface area contributed by atoms with Crippen LogP contribution in [0.4, 0.5) is 0 Å². The van der Waals surface area contributed by atoms with Gasteiger partial charge in [0.05, 0.1) is 15.1 Å². The Balaban J connectivity index is 2.46. The molecule has 3 aliphatic carbocycles. The fraction of sp³-hybridized carbons (Fsp3) is 0.500. The van der Waals surface area contributed by atoms with E-state index < -0.39 is 25.3 Å². The number of halogens is 8. The number of ketones is 1. The zero-order valence-corrected chi connectivity index (χ0v) is 14.7. The van der Waals surface area contributed by atoms with E-state index in [0.717, 1.165) is 0 Å². The molecule has 0 spiro atoms. The number of Topliss-reactive ketones (excluding diaryl/α,β-unsaturated/α-hetero) is 1. The van der Waals surface area contributed by atoms with Gasteiger partial charge in [-0.1, -0.05) is 46.4 Å². The first kappa shape index (κ1) is 15.4. The summed E-state index contributed by atoms with van der Waals surface area (Å²) in [6.45, 7) is 0. The van der Waals surface area contributed by atoms with Crippen LogP contribution < -0.4 is 0 Å². The van der Waals surface area contributed by atoms with E-state index in [1.54, 1.807) is 0 Å². The fourth-order valence-electron chi connectivity index (χ4n) is 2.96. The minimum atomic E-state index is -1.91. The number of fused-ring (bicyclic) bond motifs is 5. The smallest absolute Gasteiger partial charge is 0.189 e. The highest BCUT2D eigenvalue weighted by atomic mass is 35.5. The van der Waals surface area contributed by atoms with E-state index in [2.05, 4.69) is 0 Å². The summed E-state index contributed by atoms with van der Waals surface area (Å²) in [7, 11) is 0. The Labute approximate surface area is 148 Å². The zero-order valence-electron chi connectivity index (χ0n) is 8.64. The Kier molecular flexibility index (Phi) is 3.12. The highest BCUT2D eigenvalue weighted by Gasteiger charge is 2.90. The normalized spacial score (nSPS) is 52.5. The Morgan fingerprint density at radius 1 is 0.789 bits per heavy atom. The van der Waals surface area contributed by atoms with Gasteiger partial charge in [-0.2, -0.15) is 0 Å². The average Bonchev–Trinajstić information content (AvgIpc) is 2.67. The molecule has 0 saturated heterocycles. The van der Waals surface area contributed by atoms with Gasteiger partial charge < -0.3 is 0 Å². The van der Waals surface area contributed by atoms with Gasteiger partial charge in [0.15, 0.2) is 15.5 Å².